The average molecular weight is 447 g/mol. The van der Waals surface area contributed by atoms with Gasteiger partial charge in [0.05, 0.1) is 15.0 Å². The first-order valence-electron chi connectivity index (χ1n) is 6.56. The van der Waals surface area contributed by atoms with Crippen molar-refractivity contribution in [3.05, 3.63) is 44.4 Å². The monoisotopic (exact) mass is 446 g/mol. The van der Waals surface area contributed by atoms with Gasteiger partial charge in [0.15, 0.2) is 15.6 Å². The van der Waals surface area contributed by atoms with Crippen molar-refractivity contribution in [3.63, 3.8) is 0 Å². The van der Waals surface area contributed by atoms with E-state index in [1.54, 1.807) is 0 Å². The summed E-state index contributed by atoms with van der Waals surface area (Å²) in [6, 6.07) is 3.33. The zero-order valence-electron chi connectivity index (χ0n) is 13.0. The van der Waals surface area contributed by atoms with Gasteiger partial charge in [0.25, 0.3) is 0 Å². The van der Waals surface area contributed by atoms with Crippen LogP contribution in [-0.2, 0) is 9.84 Å². The van der Waals surface area contributed by atoms with Crippen LogP contribution in [0.3, 0.4) is 0 Å². The van der Waals surface area contributed by atoms with Gasteiger partial charge in [-0.1, -0.05) is 23.2 Å². The van der Waals surface area contributed by atoms with Crippen LogP contribution in [0.4, 0.5) is 18.9 Å². The van der Waals surface area contributed by atoms with Crippen LogP contribution in [-0.4, -0.2) is 30.9 Å². The molecule has 0 aliphatic carbocycles. The maximum Gasteiger partial charge on any atom is 0.573 e. The van der Waals surface area contributed by atoms with Crippen LogP contribution in [0.15, 0.2) is 29.3 Å². The van der Waals surface area contributed by atoms with E-state index in [9.17, 15) is 31.7 Å². The maximum atomic E-state index is 12.2. The lowest BCUT2D eigenvalue weighted by Crippen LogP contribution is -2.17. The van der Waals surface area contributed by atoms with E-state index in [-0.39, 0.29) is 5.75 Å². The molecule has 0 unspecified atom stereocenters. The van der Waals surface area contributed by atoms with Crippen molar-refractivity contribution in [2.24, 2.45) is 0 Å². The number of ether oxygens (including phenoxy) is 2. The van der Waals surface area contributed by atoms with E-state index in [4.69, 9.17) is 27.9 Å². The summed E-state index contributed by atoms with van der Waals surface area (Å²) in [4.78, 5) is 13.5. The van der Waals surface area contributed by atoms with Gasteiger partial charge >= 0.3 is 12.0 Å². The molecule has 2 rings (SSSR count). The predicted molar refractivity (Wildman–Crippen MR) is 87.2 cm³/mol. The SMILES string of the molecule is CS(=O)(=O)c1nc(Oc2c(Cl)cc(OC(F)(F)F)cc2Cl)ccc1[N+](=O)[O-]. The number of hydrogen-bond acceptors (Lipinski definition) is 7. The molecule has 0 saturated carbocycles. The van der Waals surface area contributed by atoms with Crippen LogP contribution < -0.4 is 9.47 Å². The number of hydrogen-bond donors (Lipinski definition) is 0. The van der Waals surface area contributed by atoms with Gasteiger partial charge in [0, 0.05) is 30.5 Å². The van der Waals surface area contributed by atoms with Crippen LogP contribution >= 0.6 is 23.2 Å². The second-order valence-corrected chi connectivity index (χ2v) is 7.61. The number of pyridine rings is 1. The van der Waals surface area contributed by atoms with Gasteiger partial charge in [-0.2, -0.15) is 4.98 Å². The largest absolute Gasteiger partial charge is 0.573 e. The average Bonchev–Trinajstić information content (AvgIpc) is 2.48. The first-order chi connectivity index (χ1) is 12.3. The van der Waals surface area contributed by atoms with Crippen molar-refractivity contribution in [2.45, 2.75) is 11.4 Å². The summed E-state index contributed by atoms with van der Waals surface area (Å²) in [6.07, 6.45) is -4.27. The van der Waals surface area contributed by atoms with Gasteiger partial charge in [0.1, 0.15) is 5.75 Å². The van der Waals surface area contributed by atoms with Crippen LogP contribution in [0.5, 0.6) is 17.4 Å². The highest BCUT2D eigenvalue weighted by atomic mass is 35.5. The van der Waals surface area contributed by atoms with E-state index in [1.165, 1.54) is 0 Å². The van der Waals surface area contributed by atoms with Crippen molar-refractivity contribution >= 4 is 38.7 Å². The molecule has 0 spiro atoms. The molecule has 0 amide bonds. The fourth-order valence-corrected chi connectivity index (χ4v) is 3.14. The highest BCUT2D eigenvalue weighted by molar-refractivity contribution is 7.90. The Morgan fingerprint density at radius 3 is 2.19 bits per heavy atom. The molecule has 0 fully saturated rings. The lowest BCUT2D eigenvalue weighted by Gasteiger charge is -2.13. The lowest BCUT2D eigenvalue weighted by atomic mass is 10.3. The first kappa shape index (κ1) is 21.0. The van der Waals surface area contributed by atoms with E-state index in [0.717, 1.165) is 24.3 Å². The van der Waals surface area contributed by atoms with Gasteiger partial charge in [-0.05, 0) is 0 Å². The van der Waals surface area contributed by atoms with Crippen molar-refractivity contribution in [3.8, 4) is 17.4 Å². The third-order valence-electron chi connectivity index (χ3n) is 2.77. The highest BCUT2D eigenvalue weighted by Crippen LogP contribution is 2.40. The van der Waals surface area contributed by atoms with Crippen LogP contribution in [0.2, 0.25) is 10.0 Å². The minimum Gasteiger partial charge on any atom is -0.436 e. The Labute approximate surface area is 159 Å². The lowest BCUT2D eigenvalue weighted by molar-refractivity contribution is -0.388. The van der Waals surface area contributed by atoms with Gasteiger partial charge in [-0.15, -0.1) is 13.2 Å². The molecule has 1 heterocycles. The summed E-state index contributed by atoms with van der Waals surface area (Å²) >= 11 is 11.6. The molecular weight excluding hydrogens is 440 g/mol. The van der Waals surface area contributed by atoms with Crippen LogP contribution in [0.1, 0.15) is 0 Å². The molecule has 0 bridgehead atoms. The Balaban J connectivity index is 2.44. The van der Waals surface area contributed by atoms with Crippen LogP contribution in [0.25, 0.3) is 0 Å². The molecule has 14 heteroatoms. The highest BCUT2D eigenvalue weighted by Gasteiger charge is 2.32. The molecule has 0 N–H and O–H groups in total. The quantitative estimate of drug-likeness (QED) is 0.494. The molecule has 8 nitrogen and oxygen atoms in total. The predicted octanol–water partition coefficient (Wildman–Crippen LogP) is 4.39. The second kappa shape index (κ2) is 7.37. The number of halogens is 5. The number of nitro groups is 1. The van der Waals surface area contributed by atoms with E-state index in [0.29, 0.717) is 6.26 Å². The summed E-state index contributed by atoms with van der Waals surface area (Å²) in [5, 5.41) is 9.24. The molecule has 0 aliphatic heterocycles. The maximum absolute atomic E-state index is 12.2. The van der Waals surface area contributed by atoms with Crippen molar-refractivity contribution < 1.29 is 36.0 Å². The zero-order valence-corrected chi connectivity index (χ0v) is 15.3. The molecule has 1 aromatic carbocycles. The number of alkyl halides is 3. The Morgan fingerprint density at radius 1 is 1.19 bits per heavy atom. The summed E-state index contributed by atoms with van der Waals surface area (Å²) in [5.74, 6) is -1.50. The Morgan fingerprint density at radius 2 is 1.74 bits per heavy atom. The first-order valence-corrected chi connectivity index (χ1v) is 9.21. The summed E-state index contributed by atoms with van der Waals surface area (Å²) < 4.78 is 69.0. The minimum atomic E-state index is -4.97. The third kappa shape index (κ3) is 5.34. The standard InChI is InChI=1S/C13H7Cl2F3N2O6S/c1-27(23,24)12-9(20(21)22)2-3-10(19-12)25-11-7(14)4-6(5-8(11)15)26-13(16,17)18/h2-5H,1H3. The molecule has 27 heavy (non-hydrogen) atoms. The second-order valence-electron chi connectivity index (χ2n) is 4.87. The minimum absolute atomic E-state index is 0.353. The van der Waals surface area contributed by atoms with E-state index in [1.807, 2.05) is 0 Å². The Kier molecular flexibility index (Phi) is 5.73. The fraction of sp³-hybridized carbons (Fsp3) is 0.154. The van der Waals surface area contributed by atoms with Gasteiger partial charge in [-0.25, -0.2) is 8.42 Å². The smallest absolute Gasteiger partial charge is 0.436 e. The topological polar surface area (TPSA) is 109 Å². The molecular formula is C13H7Cl2F3N2O6S. The fourth-order valence-electron chi connectivity index (χ4n) is 1.82. The normalized spacial score (nSPS) is 11.9. The number of rotatable bonds is 5. The van der Waals surface area contributed by atoms with Crippen molar-refractivity contribution in [2.75, 3.05) is 6.26 Å². The van der Waals surface area contributed by atoms with Crippen molar-refractivity contribution in [1.82, 2.24) is 4.98 Å². The zero-order chi connectivity index (χ0) is 20.6. The number of sulfone groups is 1. The van der Waals surface area contributed by atoms with E-state index < -0.39 is 53.5 Å². The molecule has 1 aromatic heterocycles. The molecule has 0 aliphatic rings. The van der Waals surface area contributed by atoms with Gasteiger partial charge < -0.3 is 9.47 Å². The molecule has 2 aromatic rings. The van der Waals surface area contributed by atoms with E-state index >= 15 is 0 Å². The molecule has 146 valence electrons. The van der Waals surface area contributed by atoms with Crippen molar-refractivity contribution in [1.29, 1.82) is 0 Å². The Hall–Kier alpha value is -2.31. The number of nitrogens with zero attached hydrogens (tertiary/aromatic N) is 2. The molecule has 0 radical (unpaired) electrons. The van der Waals surface area contributed by atoms with Gasteiger partial charge in [-0.3, -0.25) is 10.1 Å². The molecule has 0 saturated heterocycles. The Bertz CT molecular complexity index is 991. The number of aromatic nitrogens is 1. The van der Waals surface area contributed by atoms with Crippen LogP contribution in [0, 0.1) is 10.1 Å². The molecule has 0 atom stereocenters. The van der Waals surface area contributed by atoms with E-state index in [2.05, 4.69) is 9.72 Å². The third-order valence-corrected chi connectivity index (χ3v) is 4.34. The summed E-state index contributed by atoms with van der Waals surface area (Å²) in [7, 11) is -4.08. The summed E-state index contributed by atoms with van der Waals surface area (Å²) in [6.45, 7) is 0. The van der Waals surface area contributed by atoms with Gasteiger partial charge in [0.2, 0.25) is 10.9 Å². The number of benzene rings is 1. The summed E-state index contributed by atoms with van der Waals surface area (Å²) in [5.41, 5.74) is -0.782.